The second-order valence-corrected chi connectivity index (χ2v) is 10.9. The van der Waals surface area contributed by atoms with Crippen LogP contribution in [-0.4, -0.2) is 53.1 Å². The highest BCUT2D eigenvalue weighted by Gasteiger charge is 2.77. The molecule has 3 saturated carbocycles. The number of fused-ring (bicyclic) bond motifs is 5. The van der Waals surface area contributed by atoms with Crippen LogP contribution < -0.4 is 0 Å². The Labute approximate surface area is 197 Å². The fourth-order valence-electron chi connectivity index (χ4n) is 7.32. The van der Waals surface area contributed by atoms with E-state index in [1.165, 1.54) is 19.1 Å². The van der Waals surface area contributed by atoms with Gasteiger partial charge in [0.25, 0.3) is 5.79 Å². The van der Waals surface area contributed by atoms with E-state index >= 15 is 4.39 Å². The summed E-state index contributed by atoms with van der Waals surface area (Å²) in [6.07, 6.45) is 1.08. The van der Waals surface area contributed by atoms with Crippen LogP contribution >= 0.6 is 11.6 Å². The number of rotatable bonds is 2. The molecule has 0 aromatic heterocycles. The Morgan fingerprint density at radius 1 is 1.21 bits per heavy atom. The van der Waals surface area contributed by atoms with Crippen molar-refractivity contribution in [3.05, 3.63) is 23.8 Å². The van der Waals surface area contributed by atoms with Crippen LogP contribution in [0.3, 0.4) is 0 Å². The van der Waals surface area contributed by atoms with Crippen molar-refractivity contribution in [3.63, 3.8) is 0 Å². The van der Waals surface area contributed by atoms with Gasteiger partial charge in [0.05, 0.1) is 23.5 Å². The highest BCUT2D eigenvalue weighted by atomic mass is 35.5. The minimum Gasteiger partial charge on any atom is -0.438 e. The molecule has 3 fully saturated rings. The van der Waals surface area contributed by atoms with Crippen LogP contribution in [0.2, 0.25) is 0 Å². The molecule has 4 aliphatic carbocycles. The van der Waals surface area contributed by atoms with Crippen LogP contribution in [0.25, 0.3) is 0 Å². The highest BCUT2D eigenvalue weighted by molar-refractivity contribution is 6.26. The molecule has 0 spiro atoms. The lowest BCUT2D eigenvalue weighted by atomic mass is 9.46. The first-order chi connectivity index (χ1) is 15.3. The Morgan fingerprint density at radius 2 is 1.88 bits per heavy atom. The summed E-state index contributed by atoms with van der Waals surface area (Å²) >= 11 is 7.30. The molecule has 0 amide bonds. The Bertz CT molecular complexity index is 964. The van der Waals surface area contributed by atoms with Crippen molar-refractivity contribution >= 4 is 29.5 Å². The van der Waals surface area contributed by atoms with E-state index < -0.39 is 57.7 Å². The molecule has 0 bridgehead atoms. The third kappa shape index (κ3) is 2.99. The number of methoxy groups -OCH3 is 1. The van der Waals surface area contributed by atoms with Gasteiger partial charge in [-0.3, -0.25) is 9.59 Å². The zero-order valence-electron chi connectivity index (χ0n) is 19.4. The Balaban J connectivity index is 1.86. The van der Waals surface area contributed by atoms with Gasteiger partial charge in [-0.05, 0) is 48.8 Å². The minimum absolute atomic E-state index is 0.00947. The van der Waals surface area contributed by atoms with Crippen LogP contribution in [0, 0.1) is 28.6 Å². The van der Waals surface area contributed by atoms with Crippen LogP contribution in [0.15, 0.2) is 23.8 Å². The van der Waals surface area contributed by atoms with E-state index in [-0.39, 0.29) is 30.1 Å². The third-order valence-corrected chi connectivity index (χ3v) is 9.69. The average Bonchev–Trinajstić information content (AvgIpc) is 2.92. The molecule has 0 heterocycles. The van der Waals surface area contributed by atoms with Crippen molar-refractivity contribution in [2.24, 2.45) is 28.6 Å². The van der Waals surface area contributed by atoms with Gasteiger partial charge in [-0.1, -0.05) is 26.8 Å². The molecular formula is C24H30ClFO7. The number of allylic oxidation sites excluding steroid dienone is 4. The summed E-state index contributed by atoms with van der Waals surface area (Å²) in [6, 6.07) is 0. The molecular weight excluding hydrogens is 455 g/mol. The van der Waals surface area contributed by atoms with Gasteiger partial charge in [-0.25, -0.2) is 9.18 Å². The maximum absolute atomic E-state index is 15.6. The predicted molar refractivity (Wildman–Crippen MR) is 116 cm³/mol. The number of hydrogen-bond donors (Lipinski definition) is 1. The second kappa shape index (κ2) is 7.54. The van der Waals surface area contributed by atoms with Crippen LogP contribution in [-0.2, 0) is 23.8 Å². The number of ether oxygens (including phenoxy) is 3. The van der Waals surface area contributed by atoms with Gasteiger partial charge < -0.3 is 19.3 Å². The molecule has 9 atom stereocenters. The SMILES string of the molecule is COC(=O)O[C@@]1(OC(C)=O)[C@@H](C)C[C@H]2[C@@H]3C[C@H](F)C4=CC(=O)C=C[C@]4(C)[C@@]3(Cl)[C@@H](O)C[C@@]21C. The number of aliphatic hydroxyl groups is 1. The molecule has 1 N–H and O–H groups in total. The van der Waals surface area contributed by atoms with E-state index in [4.69, 9.17) is 25.8 Å². The van der Waals surface area contributed by atoms with Gasteiger partial charge >= 0.3 is 12.1 Å². The third-order valence-electron chi connectivity index (χ3n) is 8.77. The number of ketones is 1. The summed E-state index contributed by atoms with van der Waals surface area (Å²) in [5.74, 6) is -4.04. The van der Waals surface area contributed by atoms with Gasteiger partial charge in [-0.2, -0.15) is 0 Å². The first kappa shape index (κ1) is 24.2. The normalized spacial score (nSPS) is 48.2. The zero-order valence-corrected chi connectivity index (χ0v) is 20.1. The second-order valence-electron chi connectivity index (χ2n) is 10.3. The number of aliphatic hydroxyl groups excluding tert-OH is 1. The summed E-state index contributed by atoms with van der Waals surface area (Å²) in [7, 11) is 1.16. The summed E-state index contributed by atoms with van der Waals surface area (Å²) in [5, 5.41) is 11.6. The Morgan fingerprint density at radius 3 is 2.48 bits per heavy atom. The van der Waals surface area contributed by atoms with Crippen LogP contribution in [0.4, 0.5) is 9.18 Å². The van der Waals surface area contributed by atoms with Gasteiger partial charge in [0.15, 0.2) is 5.78 Å². The molecule has 0 aromatic rings. The summed E-state index contributed by atoms with van der Waals surface area (Å²) < 4.78 is 31.6. The first-order valence-electron chi connectivity index (χ1n) is 11.2. The minimum atomic E-state index is -1.71. The molecule has 0 unspecified atom stereocenters. The van der Waals surface area contributed by atoms with E-state index in [1.54, 1.807) is 26.8 Å². The maximum atomic E-state index is 15.6. The standard InChI is InChI=1S/C24H30ClFO7/c1-12-8-15-16-10-18(26)17-9-14(28)6-7-21(17,3)23(16,25)19(29)11-22(15,4)24(12,32-13(2)27)33-20(30)31-5/h6-7,9,12,15-16,18-19,29H,8,10-11H2,1-5H3/t12-,15-,16-,18-,19-,21-,22-,23-,24-/m0/s1. The first-order valence-corrected chi connectivity index (χ1v) is 11.6. The molecule has 182 valence electrons. The topological polar surface area (TPSA) is 99.1 Å². The lowest BCUT2D eigenvalue weighted by Crippen LogP contribution is -2.69. The average molecular weight is 485 g/mol. The Kier molecular flexibility index (Phi) is 5.53. The number of carbonyl (C=O) groups excluding carboxylic acids is 3. The lowest BCUT2D eigenvalue weighted by molar-refractivity contribution is -0.286. The maximum Gasteiger partial charge on any atom is 0.511 e. The van der Waals surface area contributed by atoms with E-state index in [9.17, 15) is 19.5 Å². The summed E-state index contributed by atoms with van der Waals surface area (Å²) in [6.45, 7) is 6.55. The lowest BCUT2D eigenvalue weighted by Gasteiger charge is -2.64. The molecule has 0 radical (unpaired) electrons. The fourth-order valence-corrected chi connectivity index (χ4v) is 7.81. The fraction of sp³-hybridized carbons (Fsp3) is 0.708. The quantitative estimate of drug-likeness (QED) is 0.361. The van der Waals surface area contributed by atoms with Gasteiger partial charge in [0, 0.05) is 18.3 Å². The molecule has 7 nitrogen and oxygen atoms in total. The number of esters is 1. The highest BCUT2D eigenvalue weighted by Crippen LogP contribution is 2.72. The molecule has 4 aliphatic rings. The number of halogens is 2. The van der Waals surface area contributed by atoms with E-state index in [2.05, 4.69) is 0 Å². The van der Waals surface area contributed by atoms with Crippen molar-refractivity contribution in [2.75, 3.05) is 7.11 Å². The smallest absolute Gasteiger partial charge is 0.438 e. The largest absolute Gasteiger partial charge is 0.511 e. The van der Waals surface area contributed by atoms with E-state index in [1.807, 2.05) is 0 Å². The van der Waals surface area contributed by atoms with Crippen molar-refractivity contribution in [1.82, 2.24) is 0 Å². The van der Waals surface area contributed by atoms with E-state index in [0.29, 0.717) is 6.42 Å². The van der Waals surface area contributed by atoms with Gasteiger partial charge in [-0.15, -0.1) is 11.6 Å². The van der Waals surface area contributed by atoms with Crippen molar-refractivity contribution in [2.45, 2.75) is 69.9 Å². The monoisotopic (exact) mass is 484 g/mol. The number of hydrogen-bond acceptors (Lipinski definition) is 7. The number of carbonyl (C=O) groups is 3. The summed E-state index contributed by atoms with van der Waals surface area (Å²) in [4.78, 5) is 35.1. The van der Waals surface area contributed by atoms with Crippen LogP contribution in [0.1, 0.15) is 47.0 Å². The summed E-state index contributed by atoms with van der Waals surface area (Å²) in [5.41, 5.74) is -1.88. The molecule has 0 aliphatic heterocycles. The van der Waals surface area contributed by atoms with Crippen molar-refractivity contribution in [3.8, 4) is 0 Å². The molecule has 4 rings (SSSR count). The van der Waals surface area contributed by atoms with Gasteiger partial charge in [0.2, 0.25) is 0 Å². The van der Waals surface area contributed by atoms with Crippen molar-refractivity contribution < 1.29 is 38.1 Å². The molecule has 9 heteroatoms. The predicted octanol–water partition coefficient (Wildman–Crippen LogP) is 3.86. The molecule has 0 aromatic carbocycles. The van der Waals surface area contributed by atoms with E-state index in [0.717, 1.165) is 7.11 Å². The molecule has 0 saturated heterocycles. The molecule has 33 heavy (non-hydrogen) atoms. The Hall–Kier alpha value is -1.93. The zero-order chi connectivity index (χ0) is 24.6. The van der Waals surface area contributed by atoms with Crippen LogP contribution in [0.5, 0.6) is 0 Å². The van der Waals surface area contributed by atoms with Crippen molar-refractivity contribution in [1.29, 1.82) is 0 Å². The number of alkyl halides is 2. The van der Waals surface area contributed by atoms with Gasteiger partial charge in [0.1, 0.15) is 6.17 Å².